The number of amides is 1. The Morgan fingerprint density at radius 1 is 0.914 bits per heavy atom. The highest BCUT2D eigenvalue weighted by molar-refractivity contribution is 6.30. The summed E-state index contributed by atoms with van der Waals surface area (Å²) in [5.41, 5.74) is 2.47. The Hall–Kier alpha value is -3.42. The summed E-state index contributed by atoms with van der Waals surface area (Å²) >= 11 is 5.97. The molecule has 6 nitrogen and oxygen atoms in total. The fourth-order valence-electron chi connectivity index (χ4n) is 3.44. The molecule has 0 saturated carbocycles. The van der Waals surface area contributed by atoms with Gasteiger partial charge in [-0.1, -0.05) is 48.0 Å². The van der Waals surface area contributed by atoms with Gasteiger partial charge in [0.1, 0.15) is 11.6 Å². The number of halogens is 2. The number of hydrogen-bond donors (Lipinski definition) is 1. The van der Waals surface area contributed by atoms with Gasteiger partial charge in [0.2, 0.25) is 0 Å². The summed E-state index contributed by atoms with van der Waals surface area (Å²) in [4.78, 5) is 25.9. The smallest absolute Gasteiger partial charge is 0.333 e. The van der Waals surface area contributed by atoms with E-state index in [2.05, 4.69) is 0 Å². The molecule has 0 saturated heterocycles. The standard InChI is InChI=1S/C27H27ClFNO5/c1-2-34-25(27(32)33)15-19-7-13-24(14-8-19)35-18-26(31)30(16-20-3-9-22(28)10-4-20)17-21-5-11-23(29)12-6-21/h3-14,25H,2,15-18H2,1H3,(H,32,33)/t25-/m0/s1. The van der Waals surface area contributed by atoms with Crippen LogP contribution in [0.1, 0.15) is 23.6 Å². The molecular formula is C27H27ClFNO5. The van der Waals surface area contributed by atoms with Crippen LogP contribution >= 0.6 is 11.6 Å². The summed E-state index contributed by atoms with van der Waals surface area (Å²) in [6.45, 7) is 2.49. The van der Waals surface area contributed by atoms with Gasteiger partial charge < -0.3 is 19.5 Å². The molecule has 0 radical (unpaired) electrons. The molecule has 3 aromatic carbocycles. The molecule has 0 aliphatic heterocycles. The number of carboxylic acid groups (broad SMARTS) is 1. The third kappa shape index (κ3) is 8.38. The fourth-order valence-corrected chi connectivity index (χ4v) is 3.57. The maximum atomic E-state index is 13.3. The summed E-state index contributed by atoms with van der Waals surface area (Å²) in [6, 6.07) is 20.1. The lowest BCUT2D eigenvalue weighted by atomic mass is 10.1. The van der Waals surface area contributed by atoms with Crippen molar-refractivity contribution < 1.29 is 28.6 Å². The lowest BCUT2D eigenvalue weighted by Gasteiger charge is -2.23. The number of ether oxygens (including phenoxy) is 2. The second-order valence-electron chi connectivity index (χ2n) is 7.92. The molecule has 8 heteroatoms. The van der Waals surface area contributed by atoms with Gasteiger partial charge in [-0.2, -0.15) is 0 Å². The van der Waals surface area contributed by atoms with Crippen molar-refractivity contribution in [2.45, 2.75) is 32.5 Å². The minimum atomic E-state index is -1.01. The molecule has 0 fully saturated rings. The topological polar surface area (TPSA) is 76.1 Å². The van der Waals surface area contributed by atoms with Gasteiger partial charge in [0, 0.05) is 31.1 Å². The van der Waals surface area contributed by atoms with Gasteiger partial charge in [0.25, 0.3) is 5.91 Å². The molecule has 184 valence electrons. The average molecular weight is 500 g/mol. The van der Waals surface area contributed by atoms with E-state index in [4.69, 9.17) is 21.1 Å². The van der Waals surface area contributed by atoms with E-state index in [0.29, 0.717) is 23.9 Å². The first-order valence-corrected chi connectivity index (χ1v) is 11.5. The Balaban J connectivity index is 1.64. The van der Waals surface area contributed by atoms with Crippen molar-refractivity contribution in [2.75, 3.05) is 13.2 Å². The summed E-state index contributed by atoms with van der Waals surface area (Å²) < 4.78 is 24.2. The molecule has 3 aromatic rings. The van der Waals surface area contributed by atoms with Gasteiger partial charge in [-0.15, -0.1) is 0 Å². The number of rotatable bonds is 12. The molecule has 0 unspecified atom stereocenters. The number of benzene rings is 3. The first kappa shape index (κ1) is 26.2. The molecule has 3 rings (SSSR count). The normalized spacial score (nSPS) is 11.6. The van der Waals surface area contributed by atoms with E-state index in [9.17, 15) is 19.1 Å². The van der Waals surface area contributed by atoms with Crippen LogP contribution in [0.2, 0.25) is 5.02 Å². The summed E-state index contributed by atoms with van der Waals surface area (Å²) in [7, 11) is 0. The predicted octanol–water partition coefficient (Wildman–Crippen LogP) is 5.12. The minimum absolute atomic E-state index is 0.190. The van der Waals surface area contributed by atoms with E-state index >= 15 is 0 Å². The average Bonchev–Trinajstić information content (AvgIpc) is 2.85. The van der Waals surface area contributed by atoms with E-state index in [-0.39, 0.29) is 31.3 Å². The predicted molar refractivity (Wildman–Crippen MR) is 131 cm³/mol. The van der Waals surface area contributed by atoms with Gasteiger partial charge in [0.15, 0.2) is 12.7 Å². The van der Waals surface area contributed by atoms with Crippen LogP contribution in [-0.4, -0.2) is 41.2 Å². The zero-order valence-electron chi connectivity index (χ0n) is 19.3. The van der Waals surface area contributed by atoms with Crippen molar-refractivity contribution in [3.63, 3.8) is 0 Å². The quantitative estimate of drug-likeness (QED) is 0.374. The molecular weight excluding hydrogens is 473 g/mol. The maximum absolute atomic E-state index is 13.3. The van der Waals surface area contributed by atoms with Crippen molar-refractivity contribution in [3.05, 3.63) is 100 Å². The first-order chi connectivity index (χ1) is 16.8. The Kier molecular flexibility index (Phi) is 9.64. The summed E-state index contributed by atoms with van der Waals surface area (Å²) in [5.74, 6) is -1.11. The van der Waals surface area contributed by atoms with Crippen molar-refractivity contribution in [1.82, 2.24) is 4.90 Å². The third-order valence-corrected chi connectivity index (χ3v) is 5.53. The third-order valence-electron chi connectivity index (χ3n) is 5.28. The zero-order chi connectivity index (χ0) is 25.2. The van der Waals surface area contributed by atoms with Crippen LogP contribution in [0.15, 0.2) is 72.8 Å². The van der Waals surface area contributed by atoms with E-state index in [0.717, 1.165) is 16.7 Å². The number of aliphatic carboxylic acids is 1. The Morgan fingerprint density at radius 3 is 2.00 bits per heavy atom. The van der Waals surface area contributed by atoms with Crippen molar-refractivity contribution >= 4 is 23.5 Å². The minimum Gasteiger partial charge on any atom is -0.484 e. The lowest BCUT2D eigenvalue weighted by molar-refractivity contribution is -0.150. The Morgan fingerprint density at radius 2 is 1.46 bits per heavy atom. The number of nitrogens with zero attached hydrogens (tertiary/aromatic N) is 1. The Labute approximate surface area is 208 Å². The van der Waals surface area contributed by atoms with E-state index in [1.54, 1.807) is 60.4 Å². The highest BCUT2D eigenvalue weighted by atomic mass is 35.5. The van der Waals surface area contributed by atoms with Gasteiger partial charge in [0.05, 0.1) is 0 Å². The molecule has 1 atom stereocenters. The van der Waals surface area contributed by atoms with Crippen LogP contribution in [0, 0.1) is 5.82 Å². The van der Waals surface area contributed by atoms with Crippen molar-refractivity contribution in [3.8, 4) is 5.75 Å². The monoisotopic (exact) mass is 499 g/mol. The van der Waals surface area contributed by atoms with Crippen LogP contribution in [0.4, 0.5) is 4.39 Å². The molecule has 35 heavy (non-hydrogen) atoms. The van der Waals surface area contributed by atoms with Crippen LogP contribution < -0.4 is 4.74 Å². The van der Waals surface area contributed by atoms with Gasteiger partial charge in [-0.3, -0.25) is 4.79 Å². The SMILES string of the molecule is CCO[C@@H](Cc1ccc(OCC(=O)N(Cc2ccc(F)cc2)Cc2ccc(Cl)cc2)cc1)C(=O)O. The molecule has 0 heterocycles. The molecule has 0 aliphatic carbocycles. The van der Waals surface area contributed by atoms with Crippen LogP contribution in [0.5, 0.6) is 5.75 Å². The molecule has 0 aliphatic rings. The second kappa shape index (κ2) is 12.9. The van der Waals surface area contributed by atoms with Crippen LogP contribution in [-0.2, 0) is 33.8 Å². The highest BCUT2D eigenvalue weighted by Crippen LogP contribution is 2.17. The maximum Gasteiger partial charge on any atom is 0.333 e. The van der Waals surface area contributed by atoms with Crippen molar-refractivity contribution in [1.29, 1.82) is 0 Å². The highest BCUT2D eigenvalue weighted by Gasteiger charge is 2.19. The number of carboxylic acids is 1. The van der Waals surface area contributed by atoms with E-state index in [1.165, 1.54) is 12.1 Å². The van der Waals surface area contributed by atoms with E-state index < -0.39 is 12.1 Å². The number of carbonyl (C=O) groups is 2. The Bertz CT molecular complexity index is 1060. The summed E-state index contributed by atoms with van der Waals surface area (Å²) in [5, 5.41) is 9.84. The molecule has 0 aromatic heterocycles. The fraction of sp³-hybridized carbons (Fsp3) is 0.259. The van der Waals surface area contributed by atoms with E-state index in [1.807, 2.05) is 12.1 Å². The first-order valence-electron chi connectivity index (χ1n) is 11.2. The lowest BCUT2D eigenvalue weighted by Crippen LogP contribution is -2.34. The van der Waals surface area contributed by atoms with Crippen LogP contribution in [0.3, 0.4) is 0 Å². The van der Waals surface area contributed by atoms with Gasteiger partial charge in [-0.25, -0.2) is 9.18 Å². The molecule has 1 N–H and O–H groups in total. The van der Waals surface area contributed by atoms with Crippen LogP contribution in [0.25, 0.3) is 0 Å². The number of carbonyl (C=O) groups excluding carboxylic acids is 1. The van der Waals surface area contributed by atoms with Gasteiger partial charge >= 0.3 is 5.97 Å². The number of hydrogen-bond acceptors (Lipinski definition) is 4. The van der Waals surface area contributed by atoms with Crippen molar-refractivity contribution in [2.24, 2.45) is 0 Å². The zero-order valence-corrected chi connectivity index (χ0v) is 20.1. The largest absolute Gasteiger partial charge is 0.484 e. The molecule has 0 spiro atoms. The molecule has 0 bridgehead atoms. The van der Waals surface area contributed by atoms with Gasteiger partial charge in [-0.05, 0) is 60.0 Å². The summed E-state index contributed by atoms with van der Waals surface area (Å²) in [6.07, 6.45) is -0.684. The molecule has 1 amide bonds. The second-order valence-corrected chi connectivity index (χ2v) is 8.36.